The number of ether oxygens (including phenoxy) is 3. The van der Waals surface area contributed by atoms with Gasteiger partial charge in [0.25, 0.3) is 0 Å². The summed E-state index contributed by atoms with van der Waals surface area (Å²) in [4.78, 5) is 14.7. The summed E-state index contributed by atoms with van der Waals surface area (Å²) in [5.41, 5.74) is 1.39. The average Bonchev–Trinajstić information content (AvgIpc) is 2.88. The smallest absolute Gasteiger partial charge is 0.410 e. The Morgan fingerprint density at radius 3 is 2.29 bits per heavy atom. The van der Waals surface area contributed by atoms with Crippen LogP contribution in [0.1, 0.15) is 43.9 Å². The van der Waals surface area contributed by atoms with Gasteiger partial charge < -0.3 is 19.1 Å². The second kappa shape index (κ2) is 12.3. The van der Waals surface area contributed by atoms with Crippen LogP contribution >= 0.6 is 34.8 Å². The van der Waals surface area contributed by atoms with Crippen LogP contribution in [-0.4, -0.2) is 35.8 Å². The third-order valence-corrected chi connectivity index (χ3v) is 7.41. The number of halogens is 3. The molecule has 1 aliphatic heterocycles. The zero-order valence-electron chi connectivity index (χ0n) is 21.8. The number of piperidine rings is 1. The van der Waals surface area contributed by atoms with E-state index in [4.69, 9.17) is 49.0 Å². The lowest BCUT2D eigenvalue weighted by Crippen LogP contribution is -2.57. The molecule has 8 heteroatoms. The zero-order valence-corrected chi connectivity index (χ0v) is 24.0. The van der Waals surface area contributed by atoms with Crippen LogP contribution in [0.15, 0.2) is 72.8 Å². The normalized spacial score (nSPS) is 19.8. The van der Waals surface area contributed by atoms with Gasteiger partial charge in [-0.3, -0.25) is 0 Å². The predicted molar refractivity (Wildman–Crippen MR) is 152 cm³/mol. The van der Waals surface area contributed by atoms with Crippen molar-refractivity contribution in [3.63, 3.8) is 0 Å². The molecule has 1 heterocycles. The highest BCUT2D eigenvalue weighted by molar-refractivity contribution is 6.42. The summed E-state index contributed by atoms with van der Waals surface area (Å²) >= 11 is 18.6. The SMILES string of the molecule is CC(C)(C)OC(=O)N1CC[C@@](OCc2ccccc2)(c2ccc(Cl)cc2)[C@@H](OCc2ccc(Cl)c(Cl)c2)C1. The van der Waals surface area contributed by atoms with Crippen molar-refractivity contribution < 1.29 is 19.0 Å². The van der Waals surface area contributed by atoms with Gasteiger partial charge in [-0.05, 0) is 61.7 Å². The number of amides is 1. The fourth-order valence-corrected chi connectivity index (χ4v) is 4.95. The monoisotopic (exact) mass is 575 g/mol. The first-order valence-electron chi connectivity index (χ1n) is 12.5. The number of carbonyl (C=O) groups excluding carboxylic acids is 1. The number of likely N-dealkylation sites (tertiary alicyclic amines) is 1. The maximum Gasteiger partial charge on any atom is 0.410 e. The van der Waals surface area contributed by atoms with Gasteiger partial charge in [0.05, 0.1) is 29.8 Å². The number of carbonyl (C=O) groups is 1. The molecule has 0 aromatic heterocycles. The van der Waals surface area contributed by atoms with Crippen LogP contribution in [0.5, 0.6) is 0 Å². The standard InChI is InChI=1S/C30H32Cl3NO4/c1-29(2,3)38-28(35)34-16-15-30(23-10-12-24(31)13-11-23,37-20-21-7-5-4-6-8-21)27(18-34)36-19-22-9-14-25(32)26(33)17-22/h4-14,17,27H,15-16,18-20H2,1-3H3/t27-,30+/m0/s1. The van der Waals surface area contributed by atoms with Gasteiger partial charge in [0, 0.05) is 18.0 Å². The van der Waals surface area contributed by atoms with Crippen molar-refractivity contribution >= 4 is 40.9 Å². The average molecular weight is 577 g/mol. The van der Waals surface area contributed by atoms with Crippen LogP contribution < -0.4 is 0 Å². The van der Waals surface area contributed by atoms with Gasteiger partial charge >= 0.3 is 6.09 Å². The van der Waals surface area contributed by atoms with E-state index in [-0.39, 0.29) is 19.2 Å². The minimum absolute atomic E-state index is 0.258. The molecule has 0 bridgehead atoms. The largest absolute Gasteiger partial charge is 0.444 e. The second-order valence-corrected chi connectivity index (χ2v) is 11.6. The lowest BCUT2D eigenvalue weighted by atomic mass is 9.81. The van der Waals surface area contributed by atoms with E-state index in [2.05, 4.69) is 0 Å². The minimum atomic E-state index is -0.838. The van der Waals surface area contributed by atoms with Crippen molar-refractivity contribution in [2.75, 3.05) is 13.1 Å². The molecule has 2 atom stereocenters. The van der Waals surface area contributed by atoms with Crippen LogP contribution in [0.4, 0.5) is 4.79 Å². The van der Waals surface area contributed by atoms with Gasteiger partial charge in [-0.2, -0.15) is 0 Å². The number of nitrogens with zero attached hydrogens (tertiary/aromatic N) is 1. The molecule has 0 N–H and O–H groups in total. The van der Waals surface area contributed by atoms with Gasteiger partial charge in [-0.25, -0.2) is 4.79 Å². The summed E-state index contributed by atoms with van der Waals surface area (Å²) in [6.07, 6.45) is -0.385. The summed E-state index contributed by atoms with van der Waals surface area (Å²) in [7, 11) is 0. The predicted octanol–water partition coefficient (Wildman–Crippen LogP) is 8.29. The fraction of sp³-hybridized carbons (Fsp3) is 0.367. The molecule has 0 saturated carbocycles. The van der Waals surface area contributed by atoms with Crippen LogP contribution in [0, 0.1) is 0 Å². The molecule has 0 radical (unpaired) electrons. The molecule has 202 valence electrons. The fourth-order valence-electron chi connectivity index (χ4n) is 4.50. The molecule has 3 aromatic rings. The Kier molecular flexibility index (Phi) is 9.27. The molecular weight excluding hydrogens is 545 g/mol. The molecule has 4 rings (SSSR count). The third-order valence-electron chi connectivity index (χ3n) is 6.42. The topological polar surface area (TPSA) is 48.0 Å². The Labute approximate surface area is 239 Å². The van der Waals surface area contributed by atoms with Crippen molar-refractivity contribution in [3.8, 4) is 0 Å². The van der Waals surface area contributed by atoms with Crippen LogP contribution in [-0.2, 0) is 33.0 Å². The first-order chi connectivity index (χ1) is 18.1. The van der Waals surface area contributed by atoms with E-state index in [0.29, 0.717) is 34.6 Å². The summed E-state index contributed by atoms with van der Waals surface area (Å²) < 4.78 is 19.0. The van der Waals surface area contributed by atoms with E-state index >= 15 is 0 Å². The third kappa shape index (κ3) is 7.22. The van der Waals surface area contributed by atoms with Gasteiger partial charge in [-0.1, -0.05) is 83.3 Å². The second-order valence-electron chi connectivity index (χ2n) is 10.4. The molecular formula is C30H32Cl3NO4. The van der Waals surface area contributed by atoms with Crippen LogP contribution in [0.3, 0.4) is 0 Å². The lowest BCUT2D eigenvalue weighted by Gasteiger charge is -2.47. The number of hydrogen-bond acceptors (Lipinski definition) is 4. The lowest BCUT2D eigenvalue weighted by molar-refractivity contribution is -0.191. The van der Waals surface area contributed by atoms with Crippen molar-refractivity contribution in [1.29, 1.82) is 0 Å². The van der Waals surface area contributed by atoms with Crippen LogP contribution in [0.2, 0.25) is 15.1 Å². The zero-order chi connectivity index (χ0) is 27.3. The Bertz CT molecular complexity index is 1230. The van der Waals surface area contributed by atoms with Crippen molar-refractivity contribution in [3.05, 3.63) is 105 Å². The minimum Gasteiger partial charge on any atom is -0.444 e. The number of rotatable bonds is 7. The quantitative estimate of drug-likeness (QED) is 0.284. The molecule has 1 saturated heterocycles. The van der Waals surface area contributed by atoms with E-state index in [9.17, 15) is 4.79 Å². The maximum atomic E-state index is 13.0. The van der Waals surface area contributed by atoms with Crippen molar-refractivity contribution in [2.24, 2.45) is 0 Å². The Morgan fingerprint density at radius 1 is 0.921 bits per heavy atom. The Morgan fingerprint density at radius 2 is 1.63 bits per heavy atom. The molecule has 38 heavy (non-hydrogen) atoms. The summed E-state index contributed by atoms with van der Waals surface area (Å²) in [5.74, 6) is 0. The van der Waals surface area contributed by atoms with Crippen LogP contribution in [0.25, 0.3) is 0 Å². The van der Waals surface area contributed by atoms with Crippen molar-refractivity contribution in [2.45, 2.75) is 57.7 Å². The highest BCUT2D eigenvalue weighted by Crippen LogP contribution is 2.41. The Hall–Kier alpha value is -2.28. The van der Waals surface area contributed by atoms with Crippen molar-refractivity contribution in [1.82, 2.24) is 4.90 Å². The van der Waals surface area contributed by atoms with E-state index in [0.717, 1.165) is 16.7 Å². The first-order valence-corrected chi connectivity index (χ1v) is 13.7. The summed E-state index contributed by atoms with van der Waals surface area (Å²) in [5, 5.41) is 1.56. The Balaban J connectivity index is 1.68. The molecule has 0 unspecified atom stereocenters. The summed E-state index contributed by atoms with van der Waals surface area (Å²) in [6, 6.07) is 23.0. The summed E-state index contributed by atoms with van der Waals surface area (Å²) in [6.45, 7) is 6.93. The van der Waals surface area contributed by atoms with Gasteiger partial charge in [0.1, 0.15) is 17.3 Å². The van der Waals surface area contributed by atoms with Gasteiger partial charge in [0.15, 0.2) is 0 Å². The first kappa shape index (κ1) is 28.7. The molecule has 1 aliphatic rings. The van der Waals surface area contributed by atoms with Gasteiger partial charge in [0.2, 0.25) is 0 Å². The highest BCUT2D eigenvalue weighted by Gasteiger charge is 2.48. The van der Waals surface area contributed by atoms with E-state index in [1.807, 2.05) is 81.4 Å². The molecule has 1 fully saturated rings. The molecule has 0 aliphatic carbocycles. The molecule has 1 amide bonds. The molecule has 3 aromatic carbocycles. The molecule has 0 spiro atoms. The highest BCUT2D eigenvalue weighted by atomic mass is 35.5. The van der Waals surface area contributed by atoms with E-state index < -0.39 is 17.3 Å². The maximum absolute atomic E-state index is 13.0. The van der Waals surface area contributed by atoms with E-state index in [1.165, 1.54) is 0 Å². The molecule has 5 nitrogen and oxygen atoms in total. The van der Waals surface area contributed by atoms with Gasteiger partial charge in [-0.15, -0.1) is 0 Å². The number of benzene rings is 3. The number of hydrogen-bond donors (Lipinski definition) is 0. The van der Waals surface area contributed by atoms with E-state index in [1.54, 1.807) is 17.0 Å².